The van der Waals surface area contributed by atoms with Crippen LogP contribution in [0.2, 0.25) is 0 Å². The highest BCUT2D eigenvalue weighted by Gasteiger charge is 2.45. The zero-order chi connectivity index (χ0) is 38.5. The summed E-state index contributed by atoms with van der Waals surface area (Å²) in [5, 5.41) is 10.9. The van der Waals surface area contributed by atoms with Gasteiger partial charge in [-0.3, -0.25) is 39.4 Å². The van der Waals surface area contributed by atoms with E-state index < -0.39 is 23.8 Å². The summed E-state index contributed by atoms with van der Waals surface area (Å²) < 4.78 is 5.92. The molecule has 4 saturated heterocycles. The minimum atomic E-state index is -0.952. The number of carbonyl (C=O) groups is 4. The average Bonchev–Trinajstić information content (AvgIpc) is 3.71. The number of ether oxygens (including phenoxy) is 1. The number of nitrogens with zero attached hydrogens (tertiary/aromatic N) is 8. The summed E-state index contributed by atoms with van der Waals surface area (Å²) in [6.45, 7) is 14.1. The SMILES string of the molecule is CC(C)Oc1ccc2[nH]nc(-c3cc(N4CCN(CCN5CC(C6CCN(c7ccc8c(c7)C(=O)N(C7CCC(=O)NC7=O)C8=O)CC6)C5)CC4)ncn3)c2c1. The van der Waals surface area contributed by atoms with E-state index in [9.17, 15) is 19.2 Å². The normalized spacial score (nSPS) is 21.6. The van der Waals surface area contributed by atoms with Gasteiger partial charge in [-0.1, -0.05) is 0 Å². The molecule has 0 aliphatic carbocycles. The summed E-state index contributed by atoms with van der Waals surface area (Å²) in [6, 6.07) is 12.5. The van der Waals surface area contributed by atoms with Crippen LogP contribution < -0.4 is 19.9 Å². The van der Waals surface area contributed by atoms with Crippen molar-refractivity contribution in [3.63, 3.8) is 0 Å². The summed E-state index contributed by atoms with van der Waals surface area (Å²) in [5.74, 6) is 1.23. The van der Waals surface area contributed by atoms with Gasteiger partial charge in [0.15, 0.2) is 0 Å². The molecule has 4 amide bonds. The van der Waals surface area contributed by atoms with Gasteiger partial charge < -0.3 is 19.4 Å². The number of fused-ring (bicyclic) bond motifs is 2. The number of anilines is 2. The molecule has 1 unspecified atom stereocenters. The van der Waals surface area contributed by atoms with Crippen molar-refractivity contribution in [2.24, 2.45) is 11.8 Å². The number of aromatic amines is 1. The van der Waals surface area contributed by atoms with Crippen molar-refractivity contribution in [1.82, 2.24) is 40.2 Å². The van der Waals surface area contributed by atoms with Crippen LogP contribution in [0.15, 0.2) is 48.8 Å². The standard InChI is InChI=1S/C41H48N10O5/c1-25(2)56-29-4-6-33-32(20-29)38(46-45-33)34-21-36(43-24-42-34)50-17-15-47(16-18-50)13-14-48-22-27(23-48)26-9-11-49(12-10-26)28-3-5-30-31(19-28)41(55)51(40(30)54)35-7-8-37(52)44-39(35)53/h3-6,19-21,24-27,35H,7-18,22-23H2,1-2H3,(H,45,46)(H,44,52,53). The van der Waals surface area contributed by atoms with E-state index in [1.165, 1.54) is 0 Å². The highest BCUT2D eigenvalue weighted by molar-refractivity contribution is 6.23. The molecule has 0 saturated carbocycles. The molecule has 9 rings (SSSR count). The number of amides is 4. The predicted molar refractivity (Wildman–Crippen MR) is 210 cm³/mol. The van der Waals surface area contributed by atoms with E-state index in [1.54, 1.807) is 18.5 Å². The van der Waals surface area contributed by atoms with Crippen molar-refractivity contribution < 1.29 is 23.9 Å². The van der Waals surface area contributed by atoms with Crippen molar-refractivity contribution in [2.45, 2.75) is 51.7 Å². The smallest absolute Gasteiger partial charge is 0.262 e. The second-order valence-electron chi connectivity index (χ2n) is 16.1. The quantitative estimate of drug-likeness (QED) is 0.228. The lowest BCUT2D eigenvalue weighted by atomic mass is 9.79. The zero-order valence-corrected chi connectivity index (χ0v) is 31.9. The van der Waals surface area contributed by atoms with Crippen LogP contribution in [0.5, 0.6) is 5.75 Å². The molecule has 56 heavy (non-hydrogen) atoms. The van der Waals surface area contributed by atoms with E-state index in [0.717, 1.165) is 123 Å². The first-order valence-electron chi connectivity index (χ1n) is 20.0. The van der Waals surface area contributed by atoms with E-state index >= 15 is 0 Å². The number of piperidine rings is 2. The van der Waals surface area contributed by atoms with Crippen LogP contribution in [0.3, 0.4) is 0 Å². The predicted octanol–water partition coefficient (Wildman–Crippen LogP) is 3.18. The zero-order valence-electron chi connectivity index (χ0n) is 31.9. The molecule has 4 fully saturated rings. The molecular formula is C41H48N10O5. The van der Waals surface area contributed by atoms with Crippen LogP contribution in [0.4, 0.5) is 11.5 Å². The van der Waals surface area contributed by atoms with Gasteiger partial charge in [0.05, 0.1) is 28.4 Å². The minimum absolute atomic E-state index is 0.0892. The molecule has 4 aromatic rings. The number of hydrogen-bond acceptors (Lipinski definition) is 12. The van der Waals surface area contributed by atoms with Crippen molar-refractivity contribution in [3.05, 3.63) is 59.9 Å². The topological polar surface area (TPSA) is 160 Å². The third kappa shape index (κ3) is 6.98. The van der Waals surface area contributed by atoms with Crippen molar-refractivity contribution in [1.29, 1.82) is 0 Å². The Kier molecular flexibility index (Phi) is 9.65. The molecule has 5 aliphatic heterocycles. The van der Waals surface area contributed by atoms with Gasteiger partial charge in [0.25, 0.3) is 11.8 Å². The Balaban J connectivity index is 0.717. The lowest BCUT2D eigenvalue weighted by molar-refractivity contribution is -0.136. The largest absolute Gasteiger partial charge is 0.491 e. The summed E-state index contributed by atoms with van der Waals surface area (Å²) in [6.07, 6.45) is 4.18. The highest BCUT2D eigenvalue weighted by atomic mass is 16.5. The Labute approximate surface area is 325 Å². The first-order valence-corrected chi connectivity index (χ1v) is 20.0. The minimum Gasteiger partial charge on any atom is -0.491 e. The van der Waals surface area contributed by atoms with Gasteiger partial charge in [0.2, 0.25) is 11.8 Å². The molecule has 1 atom stereocenters. The first kappa shape index (κ1) is 36.2. The third-order valence-corrected chi connectivity index (χ3v) is 12.2. The fourth-order valence-corrected chi connectivity index (χ4v) is 9.04. The Hall–Kier alpha value is -5.41. The van der Waals surface area contributed by atoms with E-state index in [4.69, 9.17) is 4.74 Å². The molecule has 0 bridgehead atoms. The number of benzene rings is 2. The van der Waals surface area contributed by atoms with Gasteiger partial charge in [0, 0.05) is 89.0 Å². The number of hydrogen-bond donors (Lipinski definition) is 2. The number of imide groups is 2. The van der Waals surface area contributed by atoms with Gasteiger partial charge in [-0.2, -0.15) is 5.10 Å². The van der Waals surface area contributed by atoms with Gasteiger partial charge in [-0.15, -0.1) is 0 Å². The molecule has 0 spiro atoms. The highest BCUT2D eigenvalue weighted by Crippen LogP contribution is 2.36. The Bertz CT molecular complexity index is 2170. The Morgan fingerprint density at radius 1 is 0.786 bits per heavy atom. The number of nitrogens with one attached hydrogen (secondary N) is 2. The molecule has 292 valence electrons. The molecule has 15 nitrogen and oxygen atoms in total. The number of piperazine rings is 1. The monoisotopic (exact) mass is 760 g/mol. The lowest BCUT2D eigenvalue weighted by Gasteiger charge is -2.47. The number of carbonyl (C=O) groups excluding carboxylic acids is 4. The summed E-state index contributed by atoms with van der Waals surface area (Å²) in [5.41, 5.74) is 4.12. The van der Waals surface area contributed by atoms with Crippen LogP contribution in [0.1, 0.15) is 60.2 Å². The van der Waals surface area contributed by atoms with Crippen LogP contribution in [-0.4, -0.2) is 136 Å². The molecule has 2 aromatic carbocycles. The number of rotatable bonds is 10. The number of aromatic nitrogens is 4. The summed E-state index contributed by atoms with van der Waals surface area (Å²) in [4.78, 5) is 70.5. The average molecular weight is 761 g/mol. The third-order valence-electron chi connectivity index (χ3n) is 12.2. The van der Waals surface area contributed by atoms with Gasteiger partial charge in [0.1, 0.15) is 29.6 Å². The molecule has 7 heterocycles. The van der Waals surface area contributed by atoms with E-state index in [1.807, 2.05) is 44.2 Å². The Morgan fingerprint density at radius 2 is 1.55 bits per heavy atom. The fraction of sp³-hybridized carbons (Fsp3) is 0.488. The molecule has 15 heteroatoms. The number of likely N-dealkylation sites (tertiary alicyclic amines) is 1. The lowest BCUT2D eigenvalue weighted by Crippen LogP contribution is -2.55. The van der Waals surface area contributed by atoms with Crippen molar-refractivity contribution in [2.75, 3.05) is 75.2 Å². The summed E-state index contributed by atoms with van der Waals surface area (Å²) >= 11 is 0. The van der Waals surface area contributed by atoms with Crippen LogP contribution in [0, 0.1) is 11.8 Å². The maximum atomic E-state index is 13.3. The van der Waals surface area contributed by atoms with Crippen molar-refractivity contribution in [3.8, 4) is 17.1 Å². The molecular weight excluding hydrogens is 713 g/mol. The van der Waals surface area contributed by atoms with Gasteiger partial charge >= 0.3 is 0 Å². The maximum absolute atomic E-state index is 13.3. The van der Waals surface area contributed by atoms with Crippen LogP contribution in [-0.2, 0) is 9.59 Å². The molecule has 2 aromatic heterocycles. The van der Waals surface area contributed by atoms with E-state index in [0.29, 0.717) is 23.0 Å². The molecule has 0 radical (unpaired) electrons. The van der Waals surface area contributed by atoms with Crippen LogP contribution in [0.25, 0.3) is 22.3 Å². The second kappa shape index (κ2) is 14.9. The maximum Gasteiger partial charge on any atom is 0.262 e. The number of H-pyrrole nitrogens is 1. The van der Waals surface area contributed by atoms with Crippen molar-refractivity contribution >= 4 is 46.0 Å². The van der Waals surface area contributed by atoms with Crippen LogP contribution >= 0.6 is 0 Å². The summed E-state index contributed by atoms with van der Waals surface area (Å²) in [7, 11) is 0. The van der Waals surface area contributed by atoms with Gasteiger partial charge in [-0.25, -0.2) is 9.97 Å². The van der Waals surface area contributed by atoms with E-state index in [2.05, 4.69) is 45.1 Å². The molecule has 2 N–H and O–H groups in total. The van der Waals surface area contributed by atoms with Gasteiger partial charge in [-0.05, 0) is 81.3 Å². The first-order chi connectivity index (χ1) is 27.2. The van der Waals surface area contributed by atoms with E-state index in [-0.39, 0.29) is 24.9 Å². The second-order valence-corrected chi connectivity index (χ2v) is 16.1. The Morgan fingerprint density at radius 3 is 2.32 bits per heavy atom. The fourth-order valence-electron chi connectivity index (χ4n) is 9.04. The molecule has 5 aliphatic rings.